The van der Waals surface area contributed by atoms with Gasteiger partial charge in [0.1, 0.15) is 5.75 Å². The quantitative estimate of drug-likeness (QED) is 0.637. The number of carbonyl (C=O) groups excluding carboxylic acids is 1. The fourth-order valence-corrected chi connectivity index (χ4v) is 1.25. The lowest BCUT2D eigenvalue weighted by atomic mass is 10.1. The molecule has 0 bridgehead atoms. The number of hydrogen-bond acceptors (Lipinski definition) is 2. The van der Waals surface area contributed by atoms with Gasteiger partial charge in [0.15, 0.2) is 0 Å². The highest BCUT2D eigenvalue weighted by molar-refractivity contribution is 5.73. The summed E-state index contributed by atoms with van der Waals surface area (Å²) < 4.78 is 4.94. The molecule has 0 aliphatic carbocycles. The van der Waals surface area contributed by atoms with Crippen LogP contribution in [-0.2, 0) is 6.54 Å². The molecule has 0 aromatic heterocycles. The molecule has 3 nitrogen and oxygen atoms in total. The Morgan fingerprint density at radius 1 is 1.58 bits per heavy atom. The highest BCUT2D eigenvalue weighted by Crippen LogP contribution is 2.22. The van der Waals surface area contributed by atoms with Crippen LogP contribution in [0.4, 0.5) is 4.79 Å². The minimum Gasteiger partial charge on any atom is -0.410 e. The van der Waals surface area contributed by atoms with Crippen molar-refractivity contribution in [2.75, 3.05) is 0 Å². The van der Waals surface area contributed by atoms with Crippen LogP contribution in [0.5, 0.6) is 5.75 Å². The molecule has 3 heteroatoms. The van der Waals surface area contributed by atoms with Crippen LogP contribution in [0.3, 0.4) is 0 Å². The Morgan fingerprint density at radius 3 is 3.25 bits per heavy atom. The maximum Gasteiger partial charge on any atom is 0.412 e. The van der Waals surface area contributed by atoms with Gasteiger partial charge in [-0.15, -0.1) is 0 Å². The number of amides is 1. The molecule has 1 aliphatic heterocycles. The van der Waals surface area contributed by atoms with Crippen molar-refractivity contribution in [2.24, 2.45) is 0 Å². The monoisotopic (exact) mass is 165 g/mol. The number of ether oxygens (including phenoxy) is 1. The van der Waals surface area contributed by atoms with E-state index in [1.807, 2.05) is 25.1 Å². The number of hydrogen-bond donors (Lipinski definition) is 1. The number of rotatable bonds is 0. The van der Waals surface area contributed by atoms with Gasteiger partial charge in [-0.3, -0.25) is 0 Å². The van der Waals surface area contributed by atoms with Gasteiger partial charge in [-0.2, -0.15) is 0 Å². The van der Waals surface area contributed by atoms with Crippen molar-refractivity contribution in [1.29, 1.82) is 0 Å². The van der Waals surface area contributed by atoms with E-state index in [0.29, 0.717) is 12.3 Å². The number of nitrogens with one attached hydrogen (secondary N) is 1. The van der Waals surface area contributed by atoms with Crippen molar-refractivity contribution < 1.29 is 11.0 Å². The third-order valence-electron chi connectivity index (χ3n) is 1.84. The maximum absolute atomic E-state index is 10.8. The zero-order chi connectivity index (χ0) is 8.55. The molecular formula is C9H11NO2. The summed E-state index contributed by atoms with van der Waals surface area (Å²) in [6.07, 6.45) is -0.369. The molecule has 2 rings (SSSR count). The highest BCUT2D eigenvalue weighted by atomic mass is 16.6. The van der Waals surface area contributed by atoms with Crippen LogP contribution >= 0.6 is 0 Å². The minimum atomic E-state index is -0.369. The molecule has 0 atom stereocenters. The van der Waals surface area contributed by atoms with Crippen LogP contribution in [0.2, 0.25) is 0 Å². The van der Waals surface area contributed by atoms with Crippen LogP contribution in [0.1, 0.15) is 12.6 Å². The van der Waals surface area contributed by atoms with E-state index < -0.39 is 0 Å². The Hall–Kier alpha value is -1.51. The van der Waals surface area contributed by atoms with Crippen LogP contribution in [-0.4, -0.2) is 6.09 Å². The summed E-state index contributed by atoms with van der Waals surface area (Å²) in [5.74, 6) is 0.671. The van der Waals surface area contributed by atoms with Gasteiger partial charge < -0.3 is 10.1 Å². The van der Waals surface area contributed by atoms with Crippen LogP contribution in [0.15, 0.2) is 18.2 Å². The molecule has 64 valence electrons. The summed E-state index contributed by atoms with van der Waals surface area (Å²) in [5, 5.41) is 2.60. The summed E-state index contributed by atoms with van der Waals surface area (Å²) >= 11 is 0. The lowest BCUT2D eigenvalue weighted by molar-refractivity contribution is 0.194. The second kappa shape index (κ2) is 2.52. The molecular weight excluding hydrogens is 154 g/mol. The van der Waals surface area contributed by atoms with Crippen LogP contribution in [0, 0.1) is 6.92 Å². The van der Waals surface area contributed by atoms with Crippen molar-refractivity contribution in [2.45, 2.75) is 13.5 Å². The largest absolute Gasteiger partial charge is 0.412 e. The average molecular weight is 165 g/mol. The molecule has 12 heavy (non-hydrogen) atoms. The first-order valence-electron chi connectivity index (χ1n) is 3.81. The predicted octanol–water partition coefficient (Wildman–Crippen LogP) is 1.84. The van der Waals surface area contributed by atoms with Gasteiger partial charge in [-0.1, -0.05) is 17.7 Å². The van der Waals surface area contributed by atoms with Gasteiger partial charge >= 0.3 is 6.09 Å². The number of benzene rings is 1. The molecule has 0 fully saturated rings. The topological polar surface area (TPSA) is 38.3 Å². The van der Waals surface area contributed by atoms with E-state index in [2.05, 4.69) is 5.32 Å². The van der Waals surface area contributed by atoms with Gasteiger partial charge in [-0.05, 0) is 13.0 Å². The van der Waals surface area contributed by atoms with Crippen molar-refractivity contribution in [1.82, 2.24) is 5.32 Å². The van der Waals surface area contributed by atoms with E-state index in [0.717, 1.165) is 5.56 Å². The third-order valence-corrected chi connectivity index (χ3v) is 1.84. The smallest absolute Gasteiger partial charge is 0.410 e. The van der Waals surface area contributed by atoms with Gasteiger partial charge in [0, 0.05) is 13.5 Å². The fourth-order valence-electron chi connectivity index (χ4n) is 1.25. The average Bonchev–Trinajstić information content (AvgIpc) is 2.05. The Labute approximate surface area is 71.8 Å². The first-order valence-corrected chi connectivity index (χ1v) is 3.81. The molecule has 1 aliphatic rings. The molecule has 1 N–H and O–H groups in total. The van der Waals surface area contributed by atoms with Crippen molar-refractivity contribution in [3.63, 3.8) is 0 Å². The Kier molecular flexibility index (Phi) is 1.50. The highest BCUT2D eigenvalue weighted by Gasteiger charge is 2.14. The van der Waals surface area contributed by atoms with Crippen LogP contribution < -0.4 is 10.1 Å². The van der Waals surface area contributed by atoms with E-state index in [-0.39, 0.29) is 7.52 Å². The second-order valence-corrected chi connectivity index (χ2v) is 2.85. The predicted molar refractivity (Wildman–Crippen MR) is 46.2 cm³/mol. The summed E-state index contributed by atoms with van der Waals surface area (Å²) in [6.45, 7) is 2.58. The molecule has 1 amide bonds. The fraction of sp³-hybridized carbons (Fsp3) is 0.222. The van der Waals surface area contributed by atoms with Crippen LogP contribution in [0.25, 0.3) is 0 Å². The summed E-state index contributed by atoms with van der Waals surface area (Å²) in [6, 6.07) is 5.76. The van der Waals surface area contributed by atoms with E-state index in [1.54, 1.807) is 0 Å². The van der Waals surface area contributed by atoms with Crippen molar-refractivity contribution in [3.8, 4) is 5.75 Å². The molecule has 0 unspecified atom stereocenters. The number of aryl methyl sites for hydroxylation is 1. The summed E-state index contributed by atoms with van der Waals surface area (Å²) in [7, 11) is 0. The summed E-state index contributed by atoms with van der Waals surface area (Å²) in [5.41, 5.74) is 2.21. The molecule has 1 aromatic carbocycles. The standard InChI is InChI=1S/C9H9NO2.H2/c1-6-2-3-8-7(4-6)5-10-9(11)12-8;/h2-4H,5H2,1H3,(H,10,11);1H. The maximum atomic E-state index is 10.8. The number of carbonyl (C=O) groups is 1. The van der Waals surface area contributed by atoms with E-state index in [9.17, 15) is 4.79 Å². The lowest BCUT2D eigenvalue weighted by Crippen LogP contribution is -2.31. The van der Waals surface area contributed by atoms with Gasteiger partial charge in [0.05, 0.1) is 0 Å². The van der Waals surface area contributed by atoms with Crippen molar-refractivity contribution in [3.05, 3.63) is 29.3 Å². The first kappa shape index (κ1) is 7.16. The Bertz CT molecular complexity index is 338. The number of fused-ring (bicyclic) bond motifs is 1. The second-order valence-electron chi connectivity index (χ2n) is 2.85. The molecule has 1 aromatic rings. The molecule has 0 saturated heterocycles. The molecule has 0 saturated carbocycles. The SMILES string of the molecule is Cc1ccc2c(c1)CNC(=O)O2.[HH]. The first-order chi connectivity index (χ1) is 5.75. The zero-order valence-electron chi connectivity index (χ0n) is 6.76. The van der Waals surface area contributed by atoms with Gasteiger partial charge in [0.25, 0.3) is 0 Å². The normalized spacial score (nSPS) is 14.6. The Morgan fingerprint density at radius 2 is 2.42 bits per heavy atom. The summed E-state index contributed by atoms with van der Waals surface area (Å²) in [4.78, 5) is 10.8. The Balaban J connectivity index is 0.000000845. The lowest BCUT2D eigenvalue weighted by Gasteiger charge is -2.16. The minimum absolute atomic E-state index is 0. The molecule has 1 heterocycles. The third kappa shape index (κ3) is 1.13. The van der Waals surface area contributed by atoms with Gasteiger partial charge in [-0.25, -0.2) is 4.79 Å². The van der Waals surface area contributed by atoms with E-state index in [4.69, 9.17) is 4.74 Å². The zero-order valence-corrected chi connectivity index (χ0v) is 6.76. The molecule has 0 spiro atoms. The van der Waals surface area contributed by atoms with E-state index >= 15 is 0 Å². The van der Waals surface area contributed by atoms with Crippen molar-refractivity contribution >= 4 is 6.09 Å². The van der Waals surface area contributed by atoms with Gasteiger partial charge in [0.2, 0.25) is 0 Å². The van der Waals surface area contributed by atoms with E-state index in [1.165, 1.54) is 5.56 Å². The molecule has 0 radical (unpaired) electrons.